The van der Waals surface area contributed by atoms with E-state index < -0.39 is 5.41 Å². The van der Waals surface area contributed by atoms with E-state index in [9.17, 15) is 15.0 Å². The lowest BCUT2D eigenvalue weighted by Gasteiger charge is -2.25. The number of aromatic hydroxyl groups is 2. The fraction of sp³-hybridized carbons (Fsp3) is 0.444. The van der Waals surface area contributed by atoms with Crippen LogP contribution < -0.4 is 5.32 Å². The molecule has 1 aliphatic carbocycles. The number of phenolic OH excluding ortho intramolecular Hbond substituents is 2. The highest BCUT2D eigenvalue weighted by Gasteiger charge is 2.51. The third kappa shape index (κ3) is 4.54. The number of phenols is 2. The number of carbonyl (C=O) groups excluding carboxylic acids is 1. The van der Waals surface area contributed by atoms with Crippen LogP contribution in [0.3, 0.4) is 0 Å². The van der Waals surface area contributed by atoms with Crippen LogP contribution in [0.5, 0.6) is 11.5 Å². The number of nitrogens with zero attached hydrogens (tertiary/aromatic N) is 1. The number of benzene rings is 2. The van der Waals surface area contributed by atoms with E-state index in [4.69, 9.17) is 4.74 Å². The lowest BCUT2D eigenvalue weighted by atomic mass is 9.89. The molecule has 1 fully saturated rings. The van der Waals surface area contributed by atoms with E-state index in [1.807, 2.05) is 12.1 Å². The molecule has 1 aromatic heterocycles. The molecule has 6 nitrogen and oxygen atoms in total. The Morgan fingerprint density at radius 1 is 1.15 bits per heavy atom. The highest BCUT2D eigenvalue weighted by molar-refractivity contribution is 6.08. The SMILES string of the molecule is BC[C@@H](COC)Cn1c(C(C)(C)C)cc2cc(NC(=O)C3(c4ccc(O)c(O)c4)CC3)ccc21. The van der Waals surface area contributed by atoms with Gasteiger partial charge in [0.25, 0.3) is 0 Å². The Hall–Kier alpha value is -2.93. The highest BCUT2D eigenvalue weighted by Crippen LogP contribution is 2.50. The summed E-state index contributed by atoms with van der Waals surface area (Å²) in [7, 11) is 3.95. The van der Waals surface area contributed by atoms with Crippen LogP contribution in [-0.4, -0.2) is 42.3 Å². The lowest BCUT2D eigenvalue weighted by molar-refractivity contribution is -0.118. The molecule has 1 amide bonds. The van der Waals surface area contributed by atoms with Crippen LogP contribution in [0, 0.1) is 5.92 Å². The van der Waals surface area contributed by atoms with Gasteiger partial charge >= 0.3 is 0 Å². The van der Waals surface area contributed by atoms with Gasteiger partial charge < -0.3 is 24.8 Å². The van der Waals surface area contributed by atoms with Crippen LogP contribution in [0.15, 0.2) is 42.5 Å². The molecule has 0 spiro atoms. The molecule has 0 aliphatic heterocycles. The second kappa shape index (κ2) is 9.03. The third-order valence-corrected chi connectivity index (χ3v) is 7.06. The summed E-state index contributed by atoms with van der Waals surface area (Å²) in [6.45, 7) is 8.28. The van der Waals surface area contributed by atoms with Gasteiger partial charge in [-0.25, -0.2) is 0 Å². The zero-order chi connectivity index (χ0) is 24.7. The number of nitrogens with one attached hydrogen (secondary N) is 1. The second-order valence-corrected chi connectivity index (χ2v) is 10.6. The molecule has 3 aromatic rings. The summed E-state index contributed by atoms with van der Waals surface area (Å²) in [4.78, 5) is 13.2. The third-order valence-electron chi connectivity index (χ3n) is 7.06. The number of anilines is 1. The topological polar surface area (TPSA) is 83.7 Å². The van der Waals surface area contributed by atoms with Gasteiger partial charge in [-0.3, -0.25) is 4.79 Å². The minimum absolute atomic E-state index is 0.0211. The standard InChI is InChI=1S/C27H35BN2O4/c1-26(2,3)24-12-18-11-20(6-7-21(18)30(24)15-17(14-28)16-34-4)29-25(33)27(9-10-27)19-5-8-22(31)23(32)13-19/h5-8,11-13,17,31-32H,9-10,14-16,28H2,1-4H3,(H,29,33)/t17-/m1/s1. The van der Waals surface area contributed by atoms with Gasteiger partial charge in [0.05, 0.1) is 12.0 Å². The van der Waals surface area contributed by atoms with Crippen molar-refractivity contribution in [2.75, 3.05) is 19.0 Å². The second-order valence-electron chi connectivity index (χ2n) is 10.6. The number of fused-ring (bicyclic) bond motifs is 1. The number of carbonyl (C=O) groups is 1. The first-order chi connectivity index (χ1) is 16.1. The van der Waals surface area contributed by atoms with E-state index >= 15 is 0 Å². The maximum absolute atomic E-state index is 13.2. The molecular formula is C27H35BN2O4. The molecule has 180 valence electrons. The van der Waals surface area contributed by atoms with E-state index in [0.717, 1.165) is 41.6 Å². The van der Waals surface area contributed by atoms with Gasteiger partial charge in [0.2, 0.25) is 5.91 Å². The molecule has 4 rings (SSSR count). The van der Waals surface area contributed by atoms with Crippen molar-refractivity contribution in [3.63, 3.8) is 0 Å². The largest absolute Gasteiger partial charge is 0.504 e. The Labute approximate surface area is 202 Å². The van der Waals surface area contributed by atoms with Crippen LogP contribution in [-0.2, 0) is 26.9 Å². The summed E-state index contributed by atoms with van der Waals surface area (Å²) in [5, 5.41) is 23.7. The van der Waals surface area contributed by atoms with E-state index in [0.29, 0.717) is 18.8 Å². The van der Waals surface area contributed by atoms with Gasteiger partial charge in [0.1, 0.15) is 7.85 Å². The number of hydrogen-bond acceptors (Lipinski definition) is 4. The molecule has 2 aromatic carbocycles. The summed E-state index contributed by atoms with van der Waals surface area (Å²) in [6, 6.07) is 13.0. The molecule has 34 heavy (non-hydrogen) atoms. The number of aromatic nitrogens is 1. The molecule has 1 atom stereocenters. The normalized spacial score (nSPS) is 15.9. The average molecular weight is 462 g/mol. The van der Waals surface area contributed by atoms with E-state index in [1.165, 1.54) is 17.8 Å². The van der Waals surface area contributed by atoms with E-state index in [1.54, 1.807) is 13.2 Å². The first kappa shape index (κ1) is 24.2. The molecule has 0 radical (unpaired) electrons. The van der Waals surface area contributed by atoms with Crippen LogP contribution in [0.2, 0.25) is 6.32 Å². The number of ether oxygens (including phenoxy) is 1. The minimum atomic E-state index is -0.656. The van der Waals surface area contributed by atoms with Crippen LogP contribution >= 0.6 is 0 Å². The Morgan fingerprint density at radius 3 is 2.47 bits per heavy atom. The molecule has 1 aliphatic rings. The maximum Gasteiger partial charge on any atom is 0.235 e. The van der Waals surface area contributed by atoms with Crippen molar-refractivity contribution >= 4 is 30.3 Å². The summed E-state index contributed by atoms with van der Waals surface area (Å²) >= 11 is 0. The molecular weight excluding hydrogens is 427 g/mol. The molecule has 0 unspecified atom stereocenters. The summed E-state index contributed by atoms with van der Waals surface area (Å²) in [6.07, 6.45) is 2.47. The Bertz CT molecular complexity index is 1210. The summed E-state index contributed by atoms with van der Waals surface area (Å²) in [5.41, 5.74) is 3.23. The molecule has 0 bridgehead atoms. The number of amides is 1. The first-order valence-electron chi connectivity index (χ1n) is 12.1. The van der Waals surface area contributed by atoms with Gasteiger partial charge in [-0.1, -0.05) is 33.2 Å². The Kier molecular flexibility index (Phi) is 6.43. The van der Waals surface area contributed by atoms with Gasteiger partial charge in [0, 0.05) is 41.4 Å². The summed E-state index contributed by atoms with van der Waals surface area (Å²) < 4.78 is 7.84. The predicted molar refractivity (Wildman–Crippen MR) is 139 cm³/mol. The first-order valence-corrected chi connectivity index (χ1v) is 12.1. The molecule has 1 heterocycles. The number of methoxy groups -OCH3 is 1. The zero-order valence-electron chi connectivity index (χ0n) is 20.8. The number of rotatable bonds is 8. The highest BCUT2D eigenvalue weighted by atomic mass is 16.5. The molecule has 1 saturated carbocycles. The van der Waals surface area contributed by atoms with Crippen molar-refractivity contribution in [2.24, 2.45) is 5.92 Å². The fourth-order valence-corrected chi connectivity index (χ4v) is 4.80. The molecule has 7 heteroatoms. The van der Waals surface area contributed by atoms with Gasteiger partial charge in [-0.15, -0.1) is 0 Å². The van der Waals surface area contributed by atoms with Crippen molar-refractivity contribution in [2.45, 2.75) is 57.3 Å². The molecule has 0 saturated heterocycles. The maximum atomic E-state index is 13.2. The van der Waals surface area contributed by atoms with Crippen molar-refractivity contribution in [3.8, 4) is 11.5 Å². The quantitative estimate of drug-likeness (QED) is 0.344. The average Bonchev–Trinajstić information content (AvgIpc) is 3.52. The Morgan fingerprint density at radius 2 is 1.88 bits per heavy atom. The smallest absolute Gasteiger partial charge is 0.235 e. The van der Waals surface area contributed by atoms with Crippen LogP contribution in [0.25, 0.3) is 10.9 Å². The van der Waals surface area contributed by atoms with Crippen LogP contribution in [0.1, 0.15) is 44.9 Å². The zero-order valence-corrected chi connectivity index (χ0v) is 20.8. The van der Waals surface area contributed by atoms with E-state index in [-0.39, 0.29) is 22.8 Å². The van der Waals surface area contributed by atoms with Gasteiger partial charge in [-0.2, -0.15) is 0 Å². The monoisotopic (exact) mass is 462 g/mol. The molecule has 3 N–H and O–H groups in total. The summed E-state index contributed by atoms with van der Waals surface area (Å²) in [5.74, 6) is -0.0376. The lowest BCUT2D eigenvalue weighted by Crippen LogP contribution is -2.27. The predicted octanol–water partition coefficient (Wildman–Crippen LogP) is 4.33. The Balaban J connectivity index is 1.63. The van der Waals surface area contributed by atoms with E-state index in [2.05, 4.69) is 50.6 Å². The number of hydrogen-bond donors (Lipinski definition) is 3. The van der Waals surface area contributed by atoms with Crippen molar-refractivity contribution in [3.05, 3.63) is 53.7 Å². The van der Waals surface area contributed by atoms with Crippen molar-refractivity contribution < 1.29 is 19.7 Å². The van der Waals surface area contributed by atoms with Gasteiger partial charge in [-0.05, 0) is 60.7 Å². The van der Waals surface area contributed by atoms with Gasteiger partial charge in [0.15, 0.2) is 11.5 Å². The minimum Gasteiger partial charge on any atom is -0.504 e. The fourth-order valence-electron chi connectivity index (χ4n) is 4.80. The van der Waals surface area contributed by atoms with Crippen LogP contribution in [0.4, 0.5) is 5.69 Å². The van der Waals surface area contributed by atoms with Crippen molar-refractivity contribution in [1.29, 1.82) is 0 Å². The van der Waals surface area contributed by atoms with Crippen molar-refractivity contribution in [1.82, 2.24) is 4.57 Å².